The Bertz CT molecular complexity index is 651. The van der Waals surface area contributed by atoms with Gasteiger partial charge >= 0.3 is 0 Å². The summed E-state index contributed by atoms with van der Waals surface area (Å²) < 4.78 is 0. The van der Waals surface area contributed by atoms with Gasteiger partial charge in [0.05, 0.1) is 6.10 Å². The van der Waals surface area contributed by atoms with Crippen molar-refractivity contribution in [2.24, 2.45) is 52.3 Å². The van der Waals surface area contributed by atoms with Crippen LogP contribution >= 0.6 is 0 Å². The third-order valence-electron chi connectivity index (χ3n) is 10.3. The predicted molar refractivity (Wildman–Crippen MR) is 119 cm³/mol. The van der Waals surface area contributed by atoms with Gasteiger partial charge in [-0.3, -0.25) is 4.79 Å². The maximum absolute atomic E-state index is 12.0. The summed E-state index contributed by atoms with van der Waals surface area (Å²) in [4.78, 5) is 12.0. The van der Waals surface area contributed by atoms with E-state index >= 15 is 0 Å². The van der Waals surface area contributed by atoms with E-state index in [-0.39, 0.29) is 23.2 Å². The number of hydrogen-bond donors (Lipinski definition) is 1. The van der Waals surface area contributed by atoms with Gasteiger partial charge < -0.3 is 5.11 Å². The number of fused-ring (bicyclic) bond motifs is 5. The second-order valence-corrected chi connectivity index (χ2v) is 12.2. The minimum Gasteiger partial charge on any atom is -0.393 e. The summed E-state index contributed by atoms with van der Waals surface area (Å²) in [5, 5.41) is 11.1. The van der Waals surface area contributed by atoms with E-state index in [1.165, 1.54) is 44.9 Å². The number of carbonyl (C=O) groups is 1. The van der Waals surface area contributed by atoms with E-state index in [9.17, 15) is 9.90 Å². The Hall–Kier alpha value is -0.630. The monoisotopic (exact) mass is 400 g/mol. The average Bonchev–Trinajstić information content (AvgIpc) is 3.00. The molecule has 2 heteroatoms. The first-order valence-corrected chi connectivity index (χ1v) is 12.6. The van der Waals surface area contributed by atoms with Gasteiger partial charge in [0, 0.05) is 12.3 Å². The summed E-state index contributed by atoms with van der Waals surface area (Å²) >= 11 is 0. The van der Waals surface area contributed by atoms with Gasteiger partial charge in [-0.05, 0) is 84.5 Å². The zero-order chi connectivity index (χ0) is 21.0. The third kappa shape index (κ3) is 3.56. The average molecular weight is 401 g/mol. The highest BCUT2D eigenvalue weighted by atomic mass is 16.3. The van der Waals surface area contributed by atoms with Gasteiger partial charge in [-0.1, -0.05) is 60.0 Å². The first-order chi connectivity index (χ1) is 13.7. The van der Waals surface area contributed by atoms with Crippen molar-refractivity contribution in [3.8, 4) is 0 Å². The molecule has 0 aromatic rings. The minimum atomic E-state index is -0.306. The molecule has 0 heterocycles. The molecule has 4 rings (SSSR count). The Balaban J connectivity index is 1.52. The number of aliphatic hydroxyl groups is 1. The number of carbonyl (C=O) groups excluding carboxylic acids is 1. The maximum atomic E-state index is 12.0. The van der Waals surface area contributed by atoms with E-state index in [4.69, 9.17) is 0 Å². The predicted octanol–water partition coefficient (Wildman–Crippen LogP) is 6.42. The Morgan fingerprint density at radius 2 is 1.83 bits per heavy atom. The van der Waals surface area contributed by atoms with Gasteiger partial charge in [-0.15, -0.1) is 0 Å². The number of hydrogen-bond acceptors (Lipinski definition) is 2. The van der Waals surface area contributed by atoms with Crippen LogP contribution in [0.15, 0.2) is 12.2 Å². The van der Waals surface area contributed by atoms with Crippen molar-refractivity contribution in [2.75, 3.05) is 0 Å². The molecule has 3 saturated carbocycles. The van der Waals surface area contributed by atoms with Gasteiger partial charge in [0.25, 0.3) is 0 Å². The van der Waals surface area contributed by atoms with Crippen LogP contribution in [0.25, 0.3) is 0 Å². The minimum absolute atomic E-state index is 0.0124. The largest absolute Gasteiger partial charge is 0.393 e. The SMILES string of the molecule is CC(C)CCC[C@@H](C)[C@H]1CC[C@H]2[C@@H]3C[C@@H](O)[C@H]4CC(=O)C=C[C@]4(C)[C@H]3CC[C@]12C. The van der Waals surface area contributed by atoms with E-state index in [1.807, 2.05) is 6.08 Å². The lowest BCUT2D eigenvalue weighted by Gasteiger charge is -2.60. The molecule has 3 fully saturated rings. The Morgan fingerprint density at radius 1 is 1.07 bits per heavy atom. The summed E-state index contributed by atoms with van der Waals surface area (Å²) in [5.41, 5.74) is 0.466. The second-order valence-electron chi connectivity index (χ2n) is 12.2. The van der Waals surface area contributed by atoms with Crippen molar-refractivity contribution in [1.29, 1.82) is 0 Å². The molecule has 4 aliphatic rings. The van der Waals surface area contributed by atoms with Crippen LogP contribution in [0.3, 0.4) is 0 Å². The first kappa shape index (κ1) is 21.6. The lowest BCUT2D eigenvalue weighted by Crippen LogP contribution is -2.56. The van der Waals surface area contributed by atoms with Crippen LogP contribution in [0, 0.1) is 52.3 Å². The molecular formula is C27H44O2. The van der Waals surface area contributed by atoms with E-state index in [2.05, 4.69) is 40.7 Å². The first-order valence-electron chi connectivity index (χ1n) is 12.6. The number of aliphatic hydroxyl groups excluding tert-OH is 1. The van der Waals surface area contributed by atoms with E-state index < -0.39 is 0 Å². The highest BCUT2D eigenvalue weighted by Crippen LogP contribution is 2.67. The van der Waals surface area contributed by atoms with Crippen LogP contribution in [0.5, 0.6) is 0 Å². The zero-order valence-corrected chi connectivity index (χ0v) is 19.5. The number of rotatable bonds is 5. The van der Waals surface area contributed by atoms with Crippen LogP contribution in [0.2, 0.25) is 0 Å². The lowest BCUT2D eigenvalue weighted by molar-refractivity contribution is -0.142. The molecule has 2 nitrogen and oxygen atoms in total. The molecule has 29 heavy (non-hydrogen) atoms. The quantitative estimate of drug-likeness (QED) is 0.578. The van der Waals surface area contributed by atoms with Crippen LogP contribution < -0.4 is 0 Å². The Labute approximate surface area is 178 Å². The van der Waals surface area contributed by atoms with Crippen LogP contribution in [-0.4, -0.2) is 17.0 Å². The number of allylic oxidation sites excluding steroid dienone is 2. The summed E-state index contributed by atoms with van der Waals surface area (Å²) in [5.74, 6) is 4.88. The fourth-order valence-corrected chi connectivity index (χ4v) is 8.71. The van der Waals surface area contributed by atoms with Gasteiger partial charge in [-0.25, -0.2) is 0 Å². The third-order valence-corrected chi connectivity index (χ3v) is 10.3. The molecule has 1 N–H and O–H groups in total. The number of ketones is 1. The molecule has 0 aliphatic heterocycles. The fourth-order valence-electron chi connectivity index (χ4n) is 8.71. The van der Waals surface area contributed by atoms with Crippen molar-refractivity contribution < 1.29 is 9.90 Å². The molecule has 0 unspecified atom stereocenters. The lowest BCUT2D eigenvalue weighted by atomic mass is 9.45. The fraction of sp³-hybridized carbons (Fsp3) is 0.889. The van der Waals surface area contributed by atoms with E-state index in [0.29, 0.717) is 23.7 Å². The van der Waals surface area contributed by atoms with Crippen molar-refractivity contribution in [1.82, 2.24) is 0 Å². The second kappa shape index (κ2) is 7.81. The van der Waals surface area contributed by atoms with E-state index in [0.717, 1.165) is 30.1 Å². The molecule has 164 valence electrons. The Morgan fingerprint density at radius 3 is 2.55 bits per heavy atom. The zero-order valence-electron chi connectivity index (χ0n) is 19.5. The van der Waals surface area contributed by atoms with Gasteiger partial charge in [0.1, 0.15) is 0 Å². The smallest absolute Gasteiger partial charge is 0.155 e. The van der Waals surface area contributed by atoms with Crippen LogP contribution in [0.4, 0.5) is 0 Å². The molecule has 0 amide bonds. The van der Waals surface area contributed by atoms with Gasteiger partial charge in [-0.2, -0.15) is 0 Å². The van der Waals surface area contributed by atoms with Crippen LogP contribution in [-0.2, 0) is 4.79 Å². The molecule has 0 aromatic carbocycles. The topological polar surface area (TPSA) is 37.3 Å². The normalized spacial score (nSPS) is 47.6. The maximum Gasteiger partial charge on any atom is 0.155 e. The Kier molecular flexibility index (Phi) is 5.82. The molecule has 0 radical (unpaired) electrons. The standard InChI is InChI=1S/C27H44O2/c1-17(2)7-6-8-18(3)21-9-10-22-20-16-25(29)24-15-19(28)11-13-27(24,5)23(20)12-14-26(21,22)4/h11,13,17-18,20-25,29H,6-10,12,14-16H2,1-5H3/t18-,20+,21-,22+,23+,24-,25-,26-,27-/m1/s1. The molecular weight excluding hydrogens is 356 g/mol. The molecule has 9 atom stereocenters. The summed E-state index contributed by atoms with van der Waals surface area (Å²) in [6.07, 6.45) is 14.7. The van der Waals surface area contributed by atoms with Crippen molar-refractivity contribution >= 4 is 5.78 Å². The van der Waals surface area contributed by atoms with E-state index in [1.54, 1.807) is 0 Å². The summed E-state index contributed by atoms with van der Waals surface area (Å²) in [6, 6.07) is 0. The summed E-state index contributed by atoms with van der Waals surface area (Å²) in [6.45, 7) is 12.2. The van der Waals surface area contributed by atoms with Crippen molar-refractivity contribution in [3.63, 3.8) is 0 Å². The highest BCUT2D eigenvalue weighted by molar-refractivity contribution is 5.91. The molecule has 0 saturated heterocycles. The molecule has 0 bridgehead atoms. The molecule has 0 spiro atoms. The molecule has 4 aliphatic carbocycles. The van der Waals surface area contributed by atoms with Gasteiger partial charge in [0.15, 0.2) is 5.78 Å². The molecule has 0 aromatic heterocycles. The van der Waals surface area contributed by atoms with Crippen LogP contribution in [0.1, 0.15) is 92.4 Å². The highest BCUT2D eigenvalue weighted by Gasteiger charge is 2.61. The van der Waals surface area contributed by atoms with Gasteiger partial charge in [0.2, 0.25) is 0 Å². The van der Waals surface area contributed by atoms with Crippen molar-refractivity contribution in [2.45, 2.75) is 98.5 Å². The summed E-state index contributed by atoms with van der Waals surface area (Å²) in [7, 11) is 0. The van der Waals surface area contributed by atoms with Crippen molar-refractivity contribution in [3.05, 3.63) is 12.2 Å².